The number of benzene rings is 1. The number of hydrogen-bond donors (Lipinski definition) is 1. The van der Waals surface area contributed by atoms with E-state index in [0.717, 1.165) is 17.0 Å². The minimum Gasteiger partial charge on any atom is -0.496 e. The predicted molar refractivity (Wildman–Crippen MR) is 70.9 cm³/mol. The van der Waals surface area contributed by atoms with Gasteiger partial charge < -0.3 is 10.1 Å². The zero-order chi connectivity index (χ0) is 13.1. The Morgan fingerprint density at radius 3 is 2.67 bits per heavy atom. The van der Waals surface area contributed by atoms with Crippen LogP contribution in [0.15, 0.2) is 18.2 Å². The topological polar surface area (TPSA) is 59.9 Å². The van der Waals surface area contributed by atoms with E-state index in [1.165, 1.54) is 0 Å². The Labute approximate surface area is 114 Å². The van der Waals surface area contributed by atoms with Gasteiger partial charge in [0.1, 0.15) is 5.75 Å². The van der Waals surface area contributed by atoms with Gasteiger partial charge in [0.2, 0.25) is 5.28 Å². The first-order valence-electron chi connectivity index (χ1n) is 5.07. The highest BCUT2D eigenvalue weighted by atomic mass is 35.5. The average Bonchev–Trinajstić information content (AvgIpc) is 2.34. The fourth-order valence-corrected chi connectivity index (χ4v) is 1.72. The van der Waals surface area contributed by atoms with Crippen molar-refractivity contribution >= 4 is 34.7 Å². The van der Waals surface area contributed by atoms with Crippen LogP contribution in [-0.2, 0) is 0 Å². The minimum atomic E-state index is 0.0344. The van der Waals surface area contributed by atoms with E-state index in [4.69, 9.17) is 27.9 Å². The highest BCUT2D eigenvalue weighted by molar-refractivity contribution is 6.32. The summed E-state index contributed by atoms with van der Waals surface area (Å²) in [6.45, 7) is 1.94. The standard InChI is InChI=1S/C11H10Cl2N4O/c1-6-5-7(3-4-8(6)18-2)14-10-9(12)16-17-11(13)15-10/h3-5H,1-2H3,(H,14,15,17). The molecule has 18 heavy (non-hydrogen) atoms. The smallest absolute Gasteiger partial charge is 0.245 e. The molecule has 0 saturated heterocycles. The monoisotopic (exact) mass is 284 g/mol. The molecular weight excluding hydrogens is 275 g/mol. The lowest BCUT2D eigenvalue weighted by atomic mass is 10.2. The van der Waals surface area contributed by atoms with Crippen molar-refractivity contribution in [3.8, 4) is 5.75 Å². The molecule has 94 valence electrons. The highest BCUT2D eigenvalue weighted by Gasteiger charge is 2.07. The molecule has 2 aromatic rings. The third-order valence-electron chi connectivity index (χ3n) is 2.28. The Hall–Kier alpha value is -1.59. The lowest BCUT2D eigenvalue weighted by Gasteiger charge is -2.09. The second kappa shape index (κ2) is 5.37. The fourth-order valence-electron chi connectivity index (χ4n) is 1.47. The second-order valence-corrected chi connectivity index (χ2v) is 4.23. The first-order chi connectivity index (χ1) is 8.60. The summed E-state index contributed by atoms with van der Waals surface area (Å²) in [5.41, 5.74) is 1.80. The quantitative estimate of drug-likeness (QED) is 0.938. The van der Waals surface area contributed by atoms with E-state index in [0.29, 0.717) is 5.82 Å². The summed E-state index contributed by atoms with van der Waals surface area (Å²) < 4.78 is 5.18. The van der Waals surface area contributed by atoms with Crippen LogP contribution in [-0.4, -0.2) is 22.3 Å². The van der Waals surface area contributed by atoms with E-state index >= 15 is 0 Å². The van der Waals surface area contributed by atoms with E-state index in [1.54, 1.807) is 7.11 Å². The molecule has 0 atom stereocenters. The van der Waals surface area contributed by atoms with Crippen molar-refractivity contribution in [2.24, 2.45) is 0 Å². The summed E-state index contributed by atoms with van der Waals surface area (Å²) in [5.74, 6) is 1.17. The zero-order valence-corrected chi connectivity index (χ0v) is 11.2. The van der Waals surface area contributed by atoms with Gasteiger partial charge in [0, 0.05) is 5.69 Å². The van der Waals surface area contributed by atoms with Crippen molar-refractivity contribution < 1.29 is 4.74 Å². The Balaban J connectivity index is 2.28. The molecule has 1 aromatic carbocycles. The normalized spacial score (nSPS) is 10.2. The number of nitrogens with one attached hydrogen (secondary N) is 1. The molecular formula is C11H10Cl2N4O. The molecule has 1 heterocycles. The van der Waals surface area contributed by atoms with Crippen LogP contribution in [0.25, 0.3) is 0 Å². The van der Waals surface area contributed by atoms with Crippen molar-refractivity contribution in [1.82, 2.24) is 15.2 Å². The Bertz CT molecular complexity index is 577. The van der Waals surface area contributed by atoms with Crippen LogP contribution in [0, 0.1) is 6.92 Å². The lowest BCUT2D eigenvalue weighted by molar-refractivity contribution is 0.412. The summed E-state index contributed by atoms with van der Waals surface area (Å²) >= 11 is 11.5. The van der Waals surface area contributed by atoms with Crippen molar-refractivity contribution in [2.75, 3.05) is 12.4 Å². The van der Waals surface area contributed by atoms with Crippen LogP contribution < -0.4 is 10.1 Å². The van der Waals surface area contributed by atoms with E-state index in [-0.39, 0.29) is 10.4 Å². The van der Waals surface area contributed by atoms with Gasteiger partial charge in [0.25, 0.3) is 0 Å². The third-order valence-corrected chi connectivity index (χ3v) is 2.69. The maximum absolute atomic E-state index is 5.86. The molecule has 0 amide bonds. The molecule has 0 saturated carbocycles. The summed E-state index contributed by atoms with van der Waals surface area (Å²) in [6.07, 6.45) is 0. The van der Waals surface area contributed by atoms with E-state index in [2.05, 4.69) is 20.5 Å². The van der Waals surface area contributed by atoms with Crippen LogP contribution in [0.4, 0.5) is 11.5 Å². The zero-order valence-electron chi connectivity index (χ0n) is 9.74. The molecule has 7 heteroatoms. The summed E-state index contributed by atoms with van der Waals surface area (Å²) in [7, 11) is 1.63. The van der Waals surface area contributed by atoms with Gasteiger partial charge in [0.05, 0.1) is 7.11 Å². The molecule has 1 N–H and O–H groups in total. The van der Waals surface area contributed by atoms with Gasteiger partial charge in [-0.15, -0.1) is 10.2 Å². The summed E-state index contributed by atoms with van der Waals surface area (Å²) in [5, 5.41) is 10.4. The number of rotatable bonds is 3. The van der Waals surface area contributed by atoms with Crippen molar-refractivity contribution in [3.63, 3.8) is 0 Å². The SMILES string of the molecule is COc1ccc(Nc2nc(Cl)nnc2Cl)cc1C. The molecule has 0 aliphatic rings. The van der Waals surface area contributed by atoms with Gasteiger partial charge >= 0.3 is 0 Å². The maximum atomic E-state index is 5.86. The van der Waals surface area contributed by atoms with Gasteiger partial charge in [0.15, 0.2) is 11.0 Å². The Kier molecular flexibility index (Phi) is 3.84. The number of nitrogens with zero attached hydrogens (tertiary/aromatic N) is 3. The van der Waals surface area contributed by atoms with Crippen molar-refractivity contribution in [1.29, 1.82) is 0 Å². The van der Waals surface area contributed by atoms with E-state index in [1.807, 2.05) is 25.1 Å². The van der Waals surface area contributed by atoms with Crippen LogP contribution in [0.3, 0.4) is 0 Å². The first-order valence-corrected chi connectivity index (χ1v) is 5.83. The molecule has 0 radical (unpaired) electrons. The van der Waals surface area contributed by atoms with Gasteiger partial charge in [-0.3, -0.25) is 0 Å². The maximum Gasteiger partial charge on any atom is 0.245 e. The van der Waals surface area contributed by atoms with Crippen LogP contribution in [0.1, 0.15) is 5.56 Å². The molecule has 0 aliphatic heterocycles. The molecule has 0 unspecified atom stereocenters. The van der Waals surface area contributed by atoms with Crippen LogP contribution >= 0.6 is 23.2 Å². The molecule has 0 spiro atoms. The van der Waals surface area contributed by atoms with Crippen molar-refractivity contribution in [3.05, 3.63) is 34.2 Å². The fraction of sp³-hybridized carbons (Fsp3) is 0.182. The predicted octanol–water partition coefficient (Wildman–Crippen LogP) is 3.24. The minimum absolute atomic E-state index is 0.0344. The van der Waals surface area contributed by atoms with Crippen molar-refractivity contribution in [2.45, 2.75) is 6.92 Å². The lowest BCUT2D eigenvalue weighted by Crippen LogP contribution is -1.99. The van der Waals surface area contributed by atoms with Gasteiger partial charge in [-0.25, -0.2) is 0 Å². The number of aryl methyl sites for hydroxylation is 1. The van der Waals surface area contributed by atoms with E-state index in [9.17, 15) is 0 Å². The molecule has 0 bridgehead atoms. The number of anilines is 2. The summed E-state index contributed by atoms with van der Waals surface area (Å²) in [4.78, 5) is 3.96. The third kappa shape index (κ3) is 2.80. The van der Waals surface area contributed by atoms with Crippen LogP contribution in [0.5, 0.6) is 5.75 Å². The Morgan fingerprint density at radius 1 is 1.22 bits per heavy atom. The van der Waals surface area contributed by atoms with E-state index < -0.39 is 0 Å². The average molecular weight is 285 g/mol. The number of halogens is 2. The molecule has 0 fully saturated rings. The van der Waals surface area contributed by atoms with Gasteiger partial charge in [-0.1, -0.05) is 11.6 Å². The molecule has 5 nitrogen and oxygen atoms in total. The van der Waals surface area contributed by atoms with Gasteiger partial charge in [-0.2, -0.15) is 4.98 Å². The first kappa shape index (κ1) is 12.9. The largest absolute Gasteiger partial charge is 0.496 e. The molecule has 1 aromatic heterocycles. The molecule has 0 aliphatic carbocycles. The molecule has 2 rings (SSSR count). The number of aromatic nitrogens is 3. The highest BCUT2D eigenvalue weighted by Crippen LogP contribution is 2.26. The second-order valence-electron chi connectivity index (χ2n) is 3.53. The Morgan fingerprint density at radius 2 is 2.00 bits per heavy atom. The number of ether oxygens (including phenoxy) is 1. The van der Waals surface area contributed by atoms with Gasteiger partial charge in [-0.05, 0) is 42.3 Å². The van der Waals surface area contributed by atoms with Crippen LogP contribution in [0.2, 0.25) is 10.4 Å². The summed E-state index contributed by atoms with van der Waals surface area (Å²) in [6, 6.07) is 5.60. The number of methoxy groups -OCH3 is 1. The number of hydrogen-bond acceptors (Lipinski definition) is 5.